The van der Waals surface area contributed by atoms with Gasteiger partial charge in [-0.3, -0.25) is 4.90 Å². The number of rotatable bonds is 3. The Morgan fingerprint density at radius 3 is 2.65 bits per heavy atom. The zero-order valence-electron chi connectivity index (χ0n) is 10.6. The second kappa shape index (κ2) is 5.49. The highest BCUT2D eigenvalue weighted by molar-refractivity contribution is 5.37. The summed E-state index contributed by atoms with van der Waals surface area (Å²) in [6, 6.07) is 6.16. The van der Waals surface area contributed by atoms with E-state index in [1.807, 2.05) is 13.0 Å². The Kier molecular flexibility index (Phi) is 3.99. The summed E-state index contributed by atoms with van der Waals surface area (Å²) in [5.41, 5.74) is 8.58. The molecule has 1 aliphatic heterocycles. The van der Waals surface area contributed by atoms with Gasteiger partial charge in [-0.2, -0.15) is 0 Å². The smallest absolute Gasteiger partial charge is 0.121 e. The van der Waals surface area contributed by atoms with E-state index in [0.717, 1.165) is 43.1 Å². The fraction of sp³-hybridized carbons (Fsp3) is 0.538. The third-order valence-electron chi connectivity index (χ3n) is 3.31. The molecule has 17 heavy (non-hydrogen) atoms. The van der Waals surface area contributed by atoms with Crippen molar-refractivity contribution in [2.75, 3.05) is 33.3 Å². The van der Waals surface area contributed by atoms with E-state index in [0.29, 0.717) is 0 Å². The van der Waals surface area contributed by atoms with Crippen LogP contribution in [0.2, 0.25) is 0 Å². The van der Waals surface area contributed by atoms with Crippen LogP contribution in [-0.4, -0.2) is 38.2 Å². The van der Waals surface area contributed by atoms with Crippen molar-refractivity contribution in [1.82, 2.24) is 10.2 Å². The summed E-state index contributed by atoms with van der Waals surface area (Å²) >= 11 is 0. The molecule has 3 N–H and O–H groups in total. The van der Waals surface area contributed by atoms with E-state index in [4.69, 9.17) is 10.5 Å². The minimum absolute atomic E-state index is 0.0123. The Balaban J connectivity index is 2.12. The molecule has 1 heterocycles. The van der Waals surface area contributed by atoms with Crippen molar-refractivity contribution in [3.8, 4) is 5.75 Å². The molecule has 1 aromatic rings. The van der Waals surface area contributed by atoms with Gasteiger partial charge in [0.15, 0.2) is 0 Å². The molecule has 4 nitrogen and oxygen atoms in total. The number of nitrogens with one attached hydrogen (secondary N) is 1. The van der Waals surface area contributed by atoms with Crippen LogP contribution in [0.3, 0.4) is 0 Å². The molecule has 4 heteroatoms. The number of benzene rings is 1. The van der Waals surface area contributed by atoms with Crippen LogP contribution in [0.4, 0.5) is 0 Å². The first-order valence-corrected chi connectivity index (χ1v) is 6.07. The van der Waals surface area contributed by atoms with Crippen molar-refractivity contribution in [1.29, 1.82) is 0 Å². The largest absolute Gasteiger partial charge is 0.496 e. The average molecular weight is 235 g/mol. The molecule has 0 aromatic heterocycles. The maximum atomic E-state index is 6.29. The van der Waals surface area contributed by atoms with Gasteiger partial charge in [0.25, 0.3) is 0 Å². The number of nitrogens with two attached hydrogens (primary N) is 1. The quantitative estimate of drug-likeness (QED) is 0.816. The molecule has 0 radical (unpaired) electrons. The molecule has 1 atom stereocenters. The van der Waals surface area contributed by atoms with E-state index >= 15 is 0 Å². The summed E-state index contributed by atoms with van der Waals surface area (Å²) in [7, 11) is 1.69. The van der Waals surface area contributed by atoms with Crippen LogP contribution in [0.25, 0.3) is 0 Å². The van der Waals surface area contributed by atoms with Crippen molar-refractivity contribution in [3.05, 3.63) is 29.3 Å². The number of hydrogen-bond donors (Lipinski definition) is 2. The number of methoxy groups -OCH3 is 1. The number of ether oxygens (including phenoxy) is 1. The third kappa shape index (κ3) is 2.77. The Morgan fingerprint density at radius 1 is 1.35 bits per heavy atom. The summed E-state index contributed by atoms with van der Waals surface area (Å²) < 4.78 is 5.26. The van der Waals surface area contributed by atoms with Crippen LogP contribution in [0, 0.1) is 6.92 Å². The van der Waals surface area contributed by atoms with E-state index in [-0.39, 0.29) is 6.17 Å². The van der Waals surface area contributed by atoms with E-state index in [9.17, 15) is 0 Å². The summed E-state index contributed by atoms with van der Waals surface area (Å²) in [5, 5.41) is 3.33. The van der Waals surface area contributed by atoms with E-state index in [1.54, 1.807) is 7.11 Å². The van der Waals surface area contributed by atoms with Gasteiger partial charge in [-0.25, -0.2) is 0 Å². The van der Waals surface area contributed by atoms with E-state index in [1.165, 1.54) is 0 Å². The van der Waals surface area contributed by atoms with Crippen molar-refractivity contribution < 1.29 is 4.74 Å². The van der Waals surface area contributed by atoms with Gasteiger partial charge >= 0.3 is 0 Å². The fourth-order valence-electron chi connectivity index (χ4n) is 2.26. The van der Waals surface area contributed by atoms with Crippen LogP contribution < -0.4 is 15.8 Å². The van der Waals surface area contributed by atoms with Crippen molar-refractivity contribution >= 4 is 0 Å². The van der Waals surface area contributed by atoms with Gasteiger partial charge < -0.3 is 15.8 Å². The summed E-state index contributed by atoms with van der Waals surface area (Å²) in [4.78, 5) is 2.30. The zero-order chi connectivity index (χ0) is 12.3. The lowest BCUT2D eigenvalue weighted by Crippen LogP contribution is -2.47. The first kappa shape index (κ1) is 12.4. The van der Waals surface area contributed by atoms with Gasteiger partial charge in [0.05, 0.1) is 13.3 Å². The van der Waals surface area contributed by atoms with Gasteiger partial charge in [-0.05, 0) is 30.2 Å². The molecule has 1 fully saturated rings. The van der Waals surface area contributed by atoms with Crippen LogP contribution in [0.5, 0.6) is 5.75 Å². The maximum absolute atomic E-state index is 6.29. The molecule has 1 unspecified atom stereocenters. The zero-order valence-corrected chi connectivity index (χ0v) is 10.6. The van der Waals surface area contributed by atoms with Crippen LogP contribution in [0.15, 0.2) is 18.2 Å². The molecular weight excluding hydrogens is 214 g/mol. The Morgan fingerprint density at radius 2 is 2.06 bits per heavy atom. The lowest BCUT2D eigenvalue weighted by atomic mass is 10.1. The highest BCUT2D eigenvalue weighted by atomic mass is 16.5. The minimum Gasteiger partial charge on any atom is -0.496 e. The molecule has 0 bridgehead atoms. The molecular formula is C13H21N3O. The number of piperazine rings is 1. The topological polar surface area (TPSA) is 50.5 Å². The molecule has 1 aliphatic rings. The predicted octanol–water partition coefficient (Wildman–Crippen LogP) is 0.866. The van der Waals surface area contributed by atoms with Crippen LogP contribution >= 0.6 is 0 Å². The number of aryl methyl sites for hydroxylation is 1. The second-order valence-corrected chi connectivity index (χ2v) is 4.46. The molecule has 0 aliphatic carbocycles. The normalized spacial score (nSPS) is 19.0. The first-order chi connectivity index (χ1) is 8.22. The fourth-order valence-corrected chi connectivity index (χ4v) is 2.26. The molecule has 2 rings (SSSR count). The molecule has 0 amide bonds. The predicted molar refractivity (Wildman–Crippen MR) is 69.1 cm³/mol. The van der Waals surface area contributed by atoms with Crippen molar-refractivity contribution in [2.24, 2.45) is 5.73 Å². The summed E-state index contributed by atoms with van der Waals surface area (Å²) in [6.45, 7) is 6.09. The lowest BCUT2D eigenvalue weighted by Gasteiger charge is -2.32. The molecule has 0 spiro atoms. The Labute approximate surface area is 103 Å². The Hall–Kier alpha value is -1.10. The van der Waals surface area contributed by atoms with Gasteiger partial charge in [-0.15, -0.1) is 0 Å². The average Bonchev–Trinajstić information content (AvgIpc) is 2.39. The lowest BCUT2D eigenvalue weighted by molar-refractivity contribution is 0.177. The summed E-state index contributed by atoms with van der Waals surface area (Å²) in [5.74, 6) is 0.918. The van der Waals surface area contributed by atoms with Gasteiger partial charge in [0.2, 0.25) is 0 Å². The number of nitrogens with zero attached hydrogens (tertiary/aromatic N) is 1. The Bertz CT molecular complexity index is 375. The van der Waals surface area contributed by atoms with Gasteiger partial charge in [0, 0.05) is 26.2 Å². The van der Waals surface area contributed by atoms with E-state index in [2.05, 4.69) is 22.3 Å². The second-order valence-electron chi connectivity index (χ2n) is 4.46. The van der Waals surface area contributed by atoms with Crippen molar-refractivity contribution in [2.45, 2.75) is 13.1 Å². The SMILES string of the molecule is COc1ccc(C(N)N2CCNCC2)cc1C. The molecule has 0 saturated carbocycles. The third-order valence-corrected chi connectivity index (χ3v) is 3.31. The monoisotopic (exact) mass is 235 g/mol. The maximum Gasteiger partial charge on any atom is 0.121 e. The van der Waals surface area contributed by atoms with Gasteiger partial charge in [-0.1, -0.05) is 6.07 Å². The van der Waals surface area contributed by atoms with E-state index < -0.39 is 0 Å². The highest BCUT2D eigenvalue weighted by Gasteiger charge is 2.18. The summed E-state index contributed by atoms with van der Waals surface area (Å²) in [6.07, 6.45) is -0.0123. The van der Waals surface area contributed by atoms with Gasteiger partial charge in [0.1, 0.15) is 5.75 Å². The number of hydrogen-bond acceptors (Lipinski definition) is 4. The molecule has 1 saturated heterocycles. The molecule has 1 aromatic carbocycles. The standard InChI is InChI=1S/C13H21N3O/c1-10-9-11(3-4-12(10)17-2)13(14)16-7-5-15-6-8-16/h3-4,9,13,15H,5-8,14H2,1-2H3. The first-order valence-electron chi connectivity index (χ1n) is 6.07. The van der Waals surface area contributed by atoms with Crippen molar-refractivity contribution in [3.63, 3.8) is 0 Å². The minimum atomic E-state index is -0.0123. The molecule has 94 valence electrons. The highest BCUT2D eigenvalue weighted by Crippen LogP contribution is 2.23. The van der Waals surface area contributed by atoms with Crippen LogP contribution in [-0.2, 0) is 0 Å². The van der Waals surface area contributed by atoms with Crippen LogP contribution in [0.1, 0.15) is 17.3 Å².